The summed E-state index contributed by atoms with van der Waals surface area (Å²) in [7, 11) is 0. The van der Waals surface area contributed by atoms with Crippen LogP contribution in [0.5, 0.6) is 0 Å². The van der Waals surface area contributed by atoms with E-state index >= 15 is 0 Å². The Morgan fingerprint density at radius 2 is 1.89 bits per heavy atom. The molecule has 2 aromatic rings. The smallest absolute Gasteiger partial charge is 0.410 e. The second kappa shape index (κ2) is 7.40. The lowest BCUT2D eigenvalue weighted by Crippen LogP contribution is -2.51. The molecule has 1 aromatic carbocycles. The van der Waals surface area contributed by atoms with Crippen molar-refractivity contribution in [2.24, 2.45) is 0 Å². The maximum absolute atomic E-state index is 12.2. The lowest BCUT2D eigenvalue weighted by atomic mass is 10.0. The minimum Gasteiger partial charge on any atom is -0.480 e. The van der Waals surface area contributed by atoms with Crippen molar-refractivity contribution in [2.45, 2.75) is 32.4 Å². The number of halogens is 1. The third-order valence-corrected chi connectivity index (χ3v) is 4.77. The highest BCUT2D eigenvalue weighted by molar-refractivity contribution is 6.31. The second-order valence-electron chi connectivity index (χ2n) is 7.68. The molecule has 1 aromatic heterocycles. The highest BCUT2D eigenvalue weighted by Gasteiger charge is 2.34. The summed E-state index contributed by atoms with van der Waals surface area (Å²) < 4.78 is 5.40. The lowest BCUT2D eigenvalue weighted by molar-refractivity contribution is -0.144. The fraction of sp³-hybridized carbons (Fsp3) is 0.474. The fourth-order valence-corrected chi connectivity index (χ4v) is 3.49. The van der Waals surface area contributed by atoms with Gasteiger partial charge in [-0.2, -0.15) is 0 Å². The van der Waals surface area contributed by atoms with E-state index < -0.39 is 17.6 Å². The number of carboxylic acid groups (broad SMARTS) is 1. The molecule has 2 N–H and O–H groups in total. The van der Waals surface area contributed by atoms with Gasteiger partial charge in [0.2, 0.25) is 0 Å². The molecule has 1 fully saturated rings. The number of hydrogen-bond donors (Lipinski definition) is 2. The molecule has 1 aliphatic heterocycles. The Morgan fingerprint density at radius 3 is 2.48 bits per heavy atom. The molecule has 1 atom stereocenters. The minimum atomic E-state index is -0.929. The molecule has 3 rings (SSSR count). The minimum absolute atomic E-state index is 0.368. The number of ether oxygens (including phenoxy) is 1. The number of rotatable bonds is 3. The molecule has 1 unspecified atom stereocenters. The van der Waals surface area contributed by atoms with Crippen LogP contribution in [0.2, 0.25) is 5.02 Å². The van der Waals surface area contributed by atoms with Crippen molar-refractivity contribution in [1.82, 2.24) is 14.8 Å². The average Bonchev–Trinajstić information content (AvgIpc) is 2.97. The van der Waals surface area contributed by atoms with Crippen LogP contribution in [-0.2, 0) is 9.53 Å². The van der Waals surface area contributed by atoms with Gasteiger partial charge in [0.15, 0.2) is 0 Å². The Kier molecular flexibility index (Phi) is 5.35. The normalized spacial score (nSPS) is 17.1. The second-order valence-corrected chi connectivity index (χ2v) is 8.11. The van der Waals surface area contributed by atoms with E-state index in [4.69, 9.17) is 16.3 Å². The molecule has 2 heterocycles. The molecule has 0 aliphatic carbocycles. The van der Waals surface area contributed by atoms with Crippen molar-refractivity contribution in [3.05, 3.63) is 35.0 Å². The summed E-state index contributed by atoms with van der Waals surface area (Å²) in [5, 5.41) is 11.2. The predicted molar refractivity (Wildman–Crippen MR) is 103 cm³/mol. The van der Waals surface area contributed by atoms with Crippen molar-refractivity contribution in [3.8, 4) is 0 Å². The molecular formula is C19H24ClN3O4. The summed E-state index contributed by atoms with van der Waals surface area (Å²) in [5.74, 6) is -0.929. The van der Waals surface area contributed by atoms with Crippen LogP contribution in [0.25, 0.3) is 10.9 Å². The van der Waals surface area contributed by atoms with Gasteiger partial charge in [0.25, 0.3) is 0 Å². The van der Waals surface area contributed by atoms with E-state index in [9.17, 15) is 14.7 Å². The number of carboxylic acids is 1. The average molecular weight is 394 g/mol. The van der Waals surface area contributed by atoms with Gasteiger partial charge in [-0.1, -0.05) is 11.6 Å². The third kappa shape index (κ3) is 4.36. The van der Waals surface area contributed by atoms with Crippen LogP contribution in [-0.4, -0.2) is 63.7 Å². The first-order valence-corrected chi connectivity index (χ1v) is 9.25. The van der Waals surface area contributed by atoms with E-state index in [-0.39, 0.29) is 6.09 Å². The molecule has 1 amide bonds. The number of piperazine rings is 1. The third-order valence-electron chi connectivity index (χ3n) is 4.54. The summed E-state index contributed by atoms with van der Waals surface area (Å²) >= 11 is 6.09. The molecular weight excluding hydrogens is 370 g/mol. The van der Waals surface area contributed by atoms with Gasteiger partial charge in [0, 0.05) is 53.9 Å². The first-order valence-electron chi connectivity index (χ1n) is 8.87. The summed E-state index contributed by atoms with van der Waals surface area (Å²) in [6, 6.07) is 4.56. The predicted octanol–water partition coefficient (Wildman–Crippen LogP) is 3.50. The molecule has 0 saturated carbocycles. The molecule has 0 spiro atoms. The van der Waals surface area contributed by atoms with Gasteiger partial charge >= 0.3 is 12.1 Å². The Morgan fingerprint density at radius 1 is 1.22 bits per heavy atom. The number of fused-ring (bicyclic) bond motifs is 1. The Bertz CT molecular complexity index is 850. The number of nitrogens with one attached hydrogen (secondary N) is 1. The number of hydrogen-bond acceptors (Lipinski definition) is 4. The zero-order valence-electron chi connectivity index (χ0n) is 15.7. The van der Waals surface area contributed by atoms with E-state index in [1.165, 1.54) is 0 Å². The quantitative estimate of drug-likeness (QED) is 0.833. The van der Waals surface area contributed by atoms with E-state index in [2.05, 4.69) is 4.98 Å². The van der Waals surface area contributed by atoms with Crippen molar-refractivity contribution in [1.29, 1.82) is 0 Å². The van der Waals surface area contributed by atoms with Gasteiger partial charge in [-0.05, 0) is 39.0 Å². The summed E-state index contributed by atoms with van der Waals surface area (Å²) in [6.07, 6.45) is 1.35. The zero-order valence-corrected chi connectivity index (χ0v) is 16.4. The van der Waals surface area contributed by atoms with Gasteiger partial charge in [-0.25, -0.2) is 4.79 Å². The monoisotopic (exact) mass is 393 g/mol. The molecule has 0 bridgehead atoms. The van der Waals surface area contributed by atoms with Crippen molar-refractivity contribution in [3.63, 3.8) is 0 Å². The van der Waals surface area contributed by atoms with Crippen LogP contribution in [0.15, 0.2) is 24.4 Å². The first kappa shape index (κ1) is 19.5. The Balaban J connectivity index is 1.77. The summed E-state index contributed by atoms with van der Waals surface area (Å²) in [6.45, 7) is 7.20. The van der Waals surface area contributed by atoms with E-state index in [0.29, 0.717) is 36.8 Å². The fourth-order valence-electron chi connectivity index (χ4n) is 3.32. The SMILES string of the molecule is CC(C)(C)OC(=O)N1CCN(C(C(=O)O)c2c[nH]c3ccc(Cl)cc23)CC1. The number of aromatic amines is 1. The summed E-state index contributed by atoms with van der Waals surface area (Å²) in [4.78, 5) is 30.8. The van der Waals surface area contributed by atoms with Gasteiger partial charge in [-0.15, -0.1) is 0 Å². The molecule has 7 nitrogen and oxygen atoms in total. The first-order chi connectivity index (χ1) is 12.7. The van der Waals surface area contributed by atoms with Crippen LogP contribution in [0.3, 0.4) is 0 Å². The van der Waals surface area contributed by atoms with Gasteiger partial charge in [-0.3, -0.25) is 9.69 Å². The number of nitrogens with zero attached hydrogens (tertiary/aromatic N) is 2. The zero-order chi connectivity index (χ0) is 19.8. The van der Waals surface area contributed by atoms with E-state index in [1.54, 1.807) is 23.2 Å². The number of aromatic nitrogens is 1. The van der Waals surface area contributed by atoms with Crippen LogP contribution in [0, 0.1) is 0 Å². The maximum Gasteiger partial charge on any atom is 0.410 e. The number of benzene rings is 1. The standard InChI is InChI=1S/C19H24ClN3O4/c1-19(2,3)27-18(26)23-8-6-22(7-9-23)16(17(24)25)14-11-21-15-5-4-12(20)10-13(14)15/h4-5,10-11,16,21H,6-9H2,1-3H3,(H,24,25). The van der Waals surface area contributed by atoms with Gasteiger partial charge in [0.1, 0.15) is 11.6 Å². The summed E-state index contributed by atoms with van der Waals surface area (Å²) in [5.41, 5.74) is 0.958. The lowest BCUT2D eigenvalue weighted by Gasteiger charge is -2.38. The van der Waals surface area contributed by atoms with Gasteiger partial charge in [0.05, 0.1) is 0 Å². The largest absolute Gasteiger partial charge is 0.480 e. The highest BCUT2D eigenvalue weighted by Crippen LogP contribution is 2.31. The molecule has 0 radical (unpaired) electrons. The number of aliphatic carboxylic acids is 1. The molecule has 27 heavy (non-hydrogen) atoms. The number of carbonyl (C=O) groups is 2. The van der Waals surface area contributed by atoms with Crippen LogP contribution >= 0.6 is 11.6 Å². The molecule has 8 heteroatoms. The highest BCUT2D eigenvalue weighted by atomic mass is 35.5. The topological polar surface area (TPSA) is 85.9 Å². The van der Waals surface area contributed by atoms with Crippen LogP contribution < -0.4 is 0 Å². The molecule has 1 saturated heterocycles. The van der Waals surface area contributed by atoms with E-state index in [0.717, 1.165) is 10.9 Å². The number of carbonyl (C=O) groups excluding carboxylic acids is 1. The number of H-pyrrole nitrogens is 1. The van der Waals surface area contributed by atoms with Crippen molar-refractivity contribution < 1.29 is 19.4 Å². The molecule has 146 valence electrons. The van der Waals surface area contributed by atoms with Crippen LogP contribution in [0.1, 0.15) is 32.4 Å². The van der Waals surface area contributed by atoms with E-state index in [1.807, 2.05) is 31.7 Å². The maximum atomic E-state index is 12.2. The van der Waals surface area contributed by atoms with Gasteiger partial charge < -0.3 is 19.7 Å². The molecule has 1 aliphatic rings. The number of amides is 1. The van der Waals surface area contributed by atoms with Crippen molar-refractivity contribution in [2.75, 3.05) is 26.2 Å². The Hall–Kier alpha value is -2.25. The van der Waals surface area contributed by atoms with Crippen LogP contribution in [0.4, 0.5) is 4.79 Å². The van der Waals surface area contributed by atoms with Crippen molar-refractivity contribution >= 4 is 34.6 Å². The Labute approximate surface area is 162 Å².